The average molecular weight is 153 g/mol. The summed E-state index contributed by atoms with van der Waals surface area (Å²) < 4.78 is 0. The largest absolute Gasteiger partial charge is 0.310 e. The van der Waals surface area contributed by atoms with Crippen LogP contribution in [0.15, 0.2) is 9.98 Å². The first-order valence-corrected chi connectivity index (χ1v) is 4.05. The third kappa shape index (κ3) is 3.28. The summed E-state index contributed by atoms with van der Waals surface area (Å²) in [7, 11) is 0. The fourth-order valence-corrected chi connectivity index (χ4v) is 0.907. The molecular weight excluding hydrogens is 138 g/mol. The van der Waals surface area contributed by atoms with E-state index in [9.17, 15) is 0 Å². The predicted octanol–water partition coefficient (Wildman–Crippen LogP) is 0.715. The molecule has 62 valence electrons. The summed E-state index contributed by atoms with van der Waals surface area (Å²) in [4.78, 5) is 8.26. The molecule has 0 aliphatic carbocycles. The van der Waals surface area contributed by atoms with Crippen molar-refractivity contribution in [2.75, 3.05) is 19.6 Å². The van der Waals surface area contributed by atoms with Crippen molar-refractivity contribution in [3.05, 3.63) is 0 Å². The maximum absolute atomic E-state index is 4.16. The fraction of sp³-hybridized carbons (Fsp3) is 0.750. The zero-order valence-electron chi connectivity index (χ0n) is 7.17. The van der Waals surface area contributed by atoms with Gasteiger partial charge in [-0.3, -0.25) is 4.99 Å². The number of aliphatic imine (C=N–C) groups is 2. The zero-order valence-corrected chi connectivity index (χ0v) is 7.17. The standard InChI is InChI=1S/C8H15N3/c1-7(2)5-9-6-8-10-3-4-11-8/h3,7,9H,4-6H2,1-2H3. The van der Waals surface area contributed by atoms with E-state index in [1.807, 2.05) is 6.21 Å². The summed E-state index contributed by atoms with van der Waals surface area (Å²) in [5.41, 5.74) is 0. The van der Waals surface area contributed by atoms with E-state index in [0.717, 1.165) is 25.5 Å². The Balaban J connectivity index is 2.08. The Morgan fingerprint density at radius 2 is 2.45 bits per heavy atom. The van der Waals surface area contributed by atoms with Gasteiger partial charge < -0.3 is 5.32 Å². The van der Waals surface area contributed by atoms with Gasteiger partial charge in [0.1, 0.15) is 5.84 Å². The van der Waals surface area contributed by atoms with E-state index in [1.165, 1.54) is 0 Å². The first-order valence-electron chi connectivity index (χ1n) is 4.05. The molecule has 1 heterocycles. The van der Waals surface area contributed by atoms with Crippen LogP contribution >= 0.6 is 0 Å². The first kappa shape index (κ1) is 8.40. The molecule has 0 aromatic rings. The molecule has 0 aromatic heterocycles. The molecule has 0 fully saturated rings. The summed E-state index contributed by atoms with van der Waals surface area (Å²) >= 11 is 0. The van der Waals surface area contributed by atoms with Gasteiger partial charge >= 0.3 is 0 Å². The van der Waals surface area contributed by atoms with Crippen LogP contribution in [0.5, 0.6) is 0 Å². The molecule has 1 aliphatic heterocycles. The number of amidine groups is 1. The van der Waals surface area contributed by atoms with Crippen molar-refractivity contribution in [1.82, 2.24) is 5.32 Å². The first-order chi connectivity index (χ1) is 5.29. The van der Waals surface area contributed by atoms with Gasteiger partial charge in [-0.2, -0.15) is 0 Å². The molecule has 11 heavy (non-hydrogen) atoms. The Morgan fingerprint density at radius 1 is 1.64 bits per heavy atom. The Bertz CT molecular complexity index is 170. The maximum atomic E-state index is 4.16. The van der Waals surface area contributed by atoms with E-state index in [-0.39, 0.29) is 0 Å². The molecular formula is C8H15N3. The molecule has 3 nitrogen and oxygen atoms in total. The minimum Gasteiger partial charge on any atom is -0.310 e. The predicted molar refractivity (Wildman–Crippen MR) is 48.5 cm³/mol. The monoisotopic (exact) mass is 153 g/mol. The number of nitrogens with one attached hydrogen (secondary N) is 1. The van der Waals surface area contributed by atoms with Crippen LogP contribution in [-0.2, 0) is 0 Å². The highest BCUT2D eigenvalue weighted by molar-refractivity contribution is 5.95. The summed E-state index contributed by atoms with van der Waals surface area (Å²) in [5, 5.41) is 3.28. The smallest absolute Gasteiger partial charge is 0.137 e. The Hall–Kier alpha value is -0.700. The highest BCUT2D eigenvalue weighted by Gasteiger charge is 1.99. The zero-order chi connectivity index (χ0) is 8.10. The molecule has 0 amide bonds. The summed E-state index contributed by atoms with van der Waals surface area (Å²) in [6.07, 6.45) is 1.84. The second-order valence-corrected chi connectivity index (χ2v) is 3.09. The molecule has 3 heteroatoms. The van der Waals surface area contributed by atoms with Gasteiger partial charge in [-0.05, 0) is 12.5 Å². The lowest BCUT2D eigenvalue weighted by atomic mass is 10.2. The minimum atomic E-state index is 0.695. The van der Waals surface area contributed by atoms with Crippen LogP contribution in [0.1, 0.15) is 13.8 Å². The minimum absolute atomic E-state index is 0.695. The fourth-order valence-electron chi connectivity index (χ4n) is 0.907. The summed E-state index contributed by atoms with van der Waals surface area (Å²) in [5.74, 6) is 1.63. The molecule has 0 saturated carbocycles. The number of rotatable bonds is 4. The molecule has 0 bridgehead atoms. The lowest BCUT2D eigenvalue weighted by molar-refractivity contribution is 0.582. The summed E-state index contributed by atoms with van der Waals surface area (Å²) in [6, 6.07) is 0. The van der Waals surface area contributed by atoms with Crippen LogP contribution in [0.2, 0.25) is 0 Å². The van der Waals surface area contributed by atoms with E-state index in [4.69, 9.17) is 0 Å². The third-order valence-corrected chi connectivity index (χ3v) is 1.43. The average Bonchev–Trinajstić information content (AvgIpc) is 2.39. The van der Waals surface area contributed by atoms with Crippen LogP contribution in [0, 0.1) is 5.92 Å². The molecule has 1 rings (SSSR count). The molecule has 0 atom stereocenters. The second-order valence-electron chi connectivity index (χ2n) is 3.09. The molecule has 0 radical (unpaired) electrons. The van der Waals surface area contributed by atoms with E-state index in [0.29, 0.717) is 5.92 Å². The van der Waals surface area contributed by atoms with E-state index < -0.39 is 0 Å². The van der Waals surface area contributed by atoms with Gasteiger partial charge in [0.25, 0.3) is 0 Å². The van der Waals surface area contributed by atoms with Crippen molar-refractivity contribution in [3.63, 3.8) is 0 Å². The van der Waals surface area contributed by atoms with Crippen molar-refractivity contribution < 1.29 is 0 Å². The molecule has 0 saturated heterocycles. The Kier molecular flexibility index (Phi) is 3.23. The van der Waals surface area contributed by atoms with E-state index in [2.05, 4.69) is 29.1 Å². The summed E-state index contributed by atoms with van der Waals surface area (Å²) in [6.45, 7) is 6.99. The van der Waals surface area contributed by atoms with E-state index in [1.54, 1.807) is 0 Å². The quantitative estimate of drug-likeness (QED) is 0.634. The van der Waals surface area contributed by atoms with Gasteiger partial charge in [0.2, 0.25) is 0 Å². The van der Waals surface area contributed by atoms with Crippen LogP contribution in [0.25, 0.3) is 0 Å². The molecule has 1 aliphatic rings. The number of nitrogens with zero attached hydrogens (tertiary/aromatic N) is 2. The SMILES string of the molecule is CC(C)CNCC1=NCC=N1. The normalized spacial score (nSPS) is 16.1. The van der Waals surface area contributed by atoms with Crippen LogP contribution in [0.4, 0.5) is 0 Å². The van der Waals surface area contributed by atoms with Crippen LogP contribution in [0.3, 0.4) is 0 Å². The lowest BCUT2D eigenvalue weighted by Gasteiger charge is -2.04. The van der Waals surface area contributed by atoms with Crippen molar-refractivity contribution in [2.45, 2.75) is 13.8 Å². The van der Waals surface area contributed by atoms with Crippen molar-refractivity contribution in [2.24, 2.45) is 15.9 Å². The van der Waals surface area contributed by atoms with Gasteiger partial charge in [0, 0.05) is 6.21 Å². The Morgan fingerprint density at radius 3 is 3.00 bits per heavy atom. The highest BCUT2D eigenvalue weighted by atomic mass is 15.0. The van der Waals surface area contributed by atoms with E-state index >= 15 is 0 Å². The number of hydrogen-bond donors (Lipinski definition) is 1. The van der Waals surface area contributed by atoms with Gasteiger partial charge in [0.15, 0.2) is 0 Å². The van der Waals surface area contributed by atoms with Crippen LogP contribution in [-0.4, -0.2) is 31.7 Å². The highest BCUT2D eigenvalue weighted by Crippen LogP contribution is 1.90. The van der Waals surface area contributed by atoms with Crippen LogP contribution < -0.4 is 5.32 Å². The van der Waals surface area contributed by atoms with Crippen molar-refractivity contribution in [3.8, 4) is 0 Å². The number of hydrogen-bond acceptors (Lipinski definition) is 3. The molecule has 0 aromatic carbocycles. The molecule has 0 unspecified atom stereocenters. The van der Waals surface area contributed by atoms with Gasteiger partial charge in [-0.15, -0.1) is 0 Å². The lowest BCUT2D eigenvalue weighted by Crippen LogP contribution is -2.25. The van der Waals surface area contributed by atoms with Crippen molar-refractivity contribution in [1.29, 1.82) is 0 Å². The maximum Gasteiger partial charge on any atom is 0.137 e. The topological polar surface area (TPSA) is 36.8 Å². The third-order valence-electron chi connectivity index (χ3n) is 1.43. The molecule has 1 N–H and O–H groups in total. The second kappa shape index (κ2) is 4.23. The Labute approximate surface area is 67.6 Å². The van der Waals surface area contributed by atoms with Gasteiger partial charge in [0.05, 0.1) is 13.1 Å². The van der Waals surface area contributed by atoms with Crippen molar-refractivity contribution >= 4 is 12.1 Å². The van der Waals surface area contributed by atoms with Gasteiger partial charge in [-0.1, -0.05) is 13.8 Å². The molecule has 0 spiro atoms. The van der Waals surface area contributed by atoms with Gasteiger partial charge in [-0.25, -0.2) is 4.99 Å².